The van der Waals surface area contributed by atoms with Crippen LogP contribution < -0.4 is 16.3 Å². The lowest BCUT2D eigenvalue weighted by Gasteiger charge is -2.13. The second kappa shape index (κ2) is 9.43. The number of amides is 3. The maximum absolute atomic E-state index is 13.1. The molecule has 0 radical (unpaired) electrons. The average molecular weight is 449 g/mol. The van der Waals surface area contributed by atoms with Gasteiger partial charge < -0.3 is 4.42 Å². The largest absolute Gasteiger partial charge is 0.455 e. The summed E-state index contributed by atoms with van der Waals surface area (Å²) in [6.07, 6.45) is 4.86. The van der Waals surface area contributed by atoms with Crippen molar-refractivity contribution in [3.8, 4) is 0 Å². The molecule has 2 aromatic heterocycles. The fourth-order valence-corrected chi connectivity index (χ4v) is 3.53. The van der Waals surface area contributed by atoms with Crippen molar-refractivity contribution < 1.29 is 23.2 Å². The van der Waals surface area contributed by atoms with Gasteiger partial charge in [0.2, 0.25) is 0 Å². The average Bonchev–Trinajstić information content (AvgIpc) is 3.19. The second-order valence-corrected chi connectivity index (χ2v) is 7.36. The number of aryl methyl sites for hydroxylation is 1. The van der Waals surface area contributed by atoms with Crippen LogP contribution in [0.2, 0.25) is 0 Å². The standard InChI is InChI=1S/C23H20FN5O4/c1-13-19-17(26-27-21(30)14-5-7-16(24)8-6-14)3-2-4-18(19)33-20(13)23(32)29-28-22(31)15-9-11-25-12-10-15/h5-12H,2-4H2,1H3,(H,27,30)(H,28,31)(H,29,32)/b26-17+. The van der Waals surface area contributed by atoms with Crippen molar-refractivity contribution in [1.29, 1.82) is 0 Å². The number of hydrazone groups is 1. The summed E-state index contributed by atoms with van der Waals surface area (Å²) in [7, 11) is 0. The molecule has 4 rings (SSSR count). The molecular formula is C23H20FN5O4. The summed E-state index contributed by atoms with van der Waals surface area (Å²) in [6, 6.07) is 8.15. The van der Waals surface area contributed by atoms with Crippen molar-refractivity contribution in [2.75, 3.05) is 0 Å². The van der Waals surface area contributed by atoms with E-state index in [4.69, 9.17) is 4.42 Å². The first-order chi connectivity index (χ1) is 15.9. The predicted molar refractivity (Wildman–Crippen MR) is 116 cm³/mol. The number of fused-ring (bicyclic) bond motifs is 1. The van der Waals surface area contributed by atoms with Crippen molar-refractivity contribution >= 4 is 23.4 Å². The number of rotatable bonds is 4. The fraction of sp³-hybridized carbons (Fsp3) is 0.174. The molecule has 9 nitrogen and oxygen atoms in total. The second-order valence-electron chi connectivity index (χ2n) is 7.36. The van der Waals surface area contributed by atoms with E-state index in [0.717, 1.165) is 6.42 Å². The number of nitrogens with one attached hydrogen (secondary N) is 3. The zero-order valence-electron chi connectivity index (χ0n) is 17.6. The highest BCUT2D eigenvalue weighted by Crippen LogP contribution is 2.29. The zero-order valence-corrected chi connectivity index (χ0v) is 17.6. The highest BCUT2D eigenvalue weighted by atomic mass is 19.1. The third-order valence-electron chi connectivity index (χ3n) is 5.16. The molecule has 10 heteroatoms. The maximum Gasteiger partial charge on any atom is 0.305 e. The van der Waals surface area contributed by atoms with Gasteiger partial charge in [-0.3, -0.25) is 30.2 Å². The van der Waals surface area contributed by atoms with Gasteiger partial charge in [-0.05, 0) is 56.2 Å². The minimum atomic E-state index is -0.612. The Kier molecular flexibility index (Phi) is 6.25. The van der Waals surface area contributed by atoms with Gasteiger partial charge in [0.1, 0.15) is 11.6 Å². The van der Waals surface area contributed by atoms with Crippen molar-refractivity contribution in [1.82, 2.24) is 21.3 Å². The van der Waals surface area contributed by atoms with E-state index >= 15 is 0 Å². The van der Waals surface area contributed by atoms with Gasteiger partial charge in [-0.1, -0.05) is 0 Å². The first-order valence-electron chi connectivity index (χ1n) is 10.2. The number of furan rings is 1. The molecule has 0 fully saturated rings. The molecule has 0 spiro atoms. The van der Waals surface area contributed by atoms with Gasteiger partial charge >= 0.3 is 5.91 Å². The number of carbonyl (C=O) groups excluding carboxylic acids is 3. The monoisotopic (exact) mass is 449 g/mol. The molecule has 3 aromatic rings. The topological polar surface area (TPSA) is 126 Å². The highest BCUT2D eigenvalue weighted by molar-refractivity contribution is 6.07. The Labute approximate surface area is 188 Å². The van der Waals surface area contributed by atoms with Gasteiger partial charge in [0.05, 0.1) is 5.71 Å². The van der Waals surface area contributed by atoms with Crippen molar-refractivity contribution in [2.24, 2.45) is 5.10 Å². The van der Waals surface area contributed by atoms with Crippen LogP contribution in [0, 0.1) is 12.7 Å². The number of aromatic nitrogens is 1. The minimum absolute atomic E-state index is 0.0505. The number of hydrogen-bond donors (Lipinski definition) is 3. The van der Waals surface area contributed by atoms with Gasteiger partial charge in [-0.2, -0.15) is 5.10 Å². The van der Waals surface area contributed by atoms with Crippen LogP contribution in [-0.4, -0.2) is 28.4 Å². The van der Waals surface area contributed by atoms with Crippen molar-refractivity contribution in [3.63, 3.8) is 0 Å². The SMILES string of the molecule is Cc1c(C(=O)NNC(=O)c2ccncc2)oc2c1/C(=N/NC(=O)c1ccc(F)cc1)CCC2. The Morgan fingerprint density at radius 3 is 2.33 bits per heavy atom. The molecule has 1 aromatic carbocycles. The summed E-state index contributed by atoms with van der Waals surface area (Å²) in [6.45, 7) is 1.71. The van der Waals surface area contributed by atoms with Crippen molar-refractivity contribution in [3.05, 3.63) is 88.4 Å². The van der Waals surface area contributed by atoms with Crippen LogP contribution >= 0.6 is 0 Å². The molecule has 3 amide bonds. The smallest absolute Gasteiger partial charge is 0.305 e. The first kappa shape index (κ1) is 21.9. The van der Waals surface area contributed by atoms with Gasteiger partial charge in [-0.25, -0.2) is 9.82 Å². The lowest BCUT2D eigenvalue weighted by molar-refractivity contribution is 0.0829. The molecule has 1 aliphatic carbocycles. The van der Waals surface area contributed by atoms with Crippen molar-refractivity contribution in [2.45, 2.75) is 26.2 Å². The Hall–Kier alpha value is -4.34. The number of benzene rings is 1. The van der Waals surface area contributed by atoms with Crippen LogP contribution in [0.15, 0.2) is 58.3 Å². The maximum atomic E-state index is 13.1. The summed E-state index contributed by atoms with van der Waals surface area (Å²) in [5.74, 6) is -1.39. The van der Waals surface area contributed by atoms with Crippen LogP contribution in [0.1, 0.15) is 61.0 Å². The summed E-state index contributed by atoms with van der Waals surface area (Å²) >= 11 is 0. The van der Waals surface area contributed by atoms with E-state index in [2.05, 4.69) is 26.4 Å². The molecule has 0 unspecified atom stereocenters. The van der Waals surface area contributed by atoms with E-state index in [-0.39, 0.29) is 11.3 Å². The number of hydrogen-bond acceptors (Lipinski definition) is 6. The Bertz CT molecular complexity index is 1240. The van der Waals surface area contributed by atoms with Gasteiger partial charge in [0.15, 0.2) is 5.76 Å². The summed E-state index contributed by atoms with van der Waals surface area (Å²) < 4.78 is 18.8. The van der Waals surface area contributed by atoms with E-state index in [9.17, 15) is 18.8 Å². The summed E-state index contributed by atoms with van der Waals surface area (Å²) in [5, 5.41) is 4.23. The normalized spacial score (nSPS) is 13.8. The quantitative estimate of drug-likeness (QED) is 0.528. The van der Waals surface area contributed by atoms with E-state index in [1.165, 1.54) is 48.8 Å². The molecule has 168 valence electrons. The number of hydrazine groups is 1. The molecule has 1 aliphatic rings. The summed E-state index contributed by atoms with van der Waals surface area (Å²) in [4.78, 5) is 40.9. The Morgan fingerprint density at radius 2 is 1.61 bits per heavy atom. The molecule has 0 saturated heterocycles. The molecular weight excluding hydrogens is 429 g/mol. The number of carbonyl (C=O) groups is 3. The van der Waals surface area contributed by atoms with Crippen LogP contribution in [0.25, 0.3) is 0 Å². The molecule has 0 aliphatic heterocycles. The molecule has 0 bridgehead atoms. The lowest BCUT2D eigenvalue weighted by atomic mass is 9.93. The van der Waals surface area contributed by atoms with E-state index < -0.39 is 23.5 Å². The molecule has 2 heterocycles. The highest BCUT2D eigenvalue weighted by Gasteiger charge is 2.28. The number of pyridine rings is 1. The van der Waals surface area contributed by atoms with E-state index in [1.54, 1.807) is 6.92 Å². The lowest BCUT2D eigenvalue weighted by Crippen LogP contribution is -2.41. The van der Waals surface area contributed by atoms with E-state index in [0.29, 0.717) is 41.0 Å². The molecule has 0 atom stereocenters. The molecule has 3 N–H and O–H groups in total. The molecule has 0 saturated carbocycles. The van der Waals surface area contributed by atoms with Crippen LogP contribution in [0.5, 0.6) is 0 Å². The van der Waals surface area contributed by atoms with Gasteiger partial charge in [0.25, 0.3) is 11.8 Å². The zero-order chi connectivity index (χ0) is 23.4. The van der Waals surface area contributed by atoms with E-state index in [1.807, 2.05) is 0 Å². The Balaban J connectivity index is 1.48. The fourth-order valence-electron chi connectivity index (χ4n) is 3.53. The Morgan fingerprint density at radius 1 is 0.939 bits per heavy atom. The van der Waals surface area contributed by atoms with Gasteiger partial charge in [-0.15, -0.1) is 0 Å². The van der Waals surface area contributed by atoms with Crippen LogP contribution in [-0.2, 0) is 6.42 Å². The third kappa shape index (κ3) is 4.79. The van der Waals surface area contributed by atoms with Crippen LogP contribution in [0.3, 0.4) is 0 Å². The predicted octanol–water partition coefficient (Wildman–Crippen LogP) is 2.67. The van der Waals surface area contributed by atoms with Gasteiger partial charge in [0, 0.05) is 41.1 Å². The number of nitrogens with zero attached hydrogens (tertiary/aromatic N) is 2. The molecule has 33 heavy (non-hydrogen) atoms. The summed E-state index contributed by atoms with van der Waals surface area (Å²) in [5.41, 5.74) is 9.55. The number of halogens is 1. The third-order valence-corrected chi connectivity index (χ3v) is 5.16. The minimum Gasteiger partial charge on any atom is -0.455 e. The van der Waals surface area contributed by atoms with Crippen LogP contribution in [0.4, 0.5) is 4.39 Å². The first-order valence-corrected chi connectivity index (χ1v) is 10.2.